The topological polar surface area (TPSA) is 107 Å². The van der Waals surface area contributed by atoms with Crippen molar-refractivity contribution in [3.63, 3.8) is 0 Å². The van der Waals surface area contributed by atoms with E-state index in [1.165, 1.54) is 12.1 Å². The highest BCUT2D eigenvalue weighted by Crippen LogP contribution is 2.35. The average molecular weight is 422 g/mol. The van der Waals surface area contributed by atoms with Gasteiger partial charge in [-0.1, -0.05) is 6.07 Å². The summed E-state index contributed by atoms with van der Waals surface area (Å²) in [6, 6.07) is 4.34. The van der Waals surface area contributed by atoms with E-state index in [0.29, 0.717) is 26.3 Å². The maximum Gasteiger partial charge on any atom is 0.416 e. The van der Waals surface area contributed by atoms with Crippen LogP contribution < -0.4 is 16.6 Å². The number of nitrogen functional groups attached to an aromatic ring is 1. The van der Waals surface area contributed by atoms with Crippen LogP contribution in [0.3, 0.4) is 0 Å². The lowest BCUT2D eigenvalue weighted by Crippen LogP contribution is -2.36. The predicted molar refractivity (Wildman–Crippen MR) is 99.3 cm³/mol. The second-order valence-electron chi connectivity index (χ2n) is 7.00. The third-order valence-corrected chi connectivity index (χ3v) is 5.11. The number of nitrogens with zero attached hydrogens (tertiary/aromatic N) is 2. The minimum atomic E-state index is -4.67. The fourth-order valence-corrected chi connectivity index (χ4v) is 3.65. The molecule has 0 radical (unpaired) electrons. The molecule has 11 heteroatoms. The van der Waals surface area contributed by atoms with Crippen molar-refractivity contribution in [3.05, 3.63) is 56.9 Å². The maximum atomic E-state index is 13.8. The first-order chi connectivity index (χ1) is 14.2. The summed E-state index contributed by atoms with van der Waals surface area (Å²) in [5, 5.41) is 2.01. The molecule has 0 bridgehead atoms. The molecule has 2 aliphatic rings. The highest BCUT2D eigenvalue weighted by molar-refractivity contribution is 6.23. The van der Waals surface area contributed by atoms with Gasteiger partial charge in [0.05, 0.1) is 35.6 Å². The zero-order chi connectivity index (χ0) is 21.6. The normalized spacial score (nSPS) is 17.2. The molecule has 4 rings (SSSR count). The van der Waals surface area contributed by atoms with E-state index in [-0.39, 0.29) is 28.9 Å². The average Bonchev–Trinajstić information content (AvgIpc) is 2.96. The third kappa shape index (κ3) is 3.46. The molecule has 158 valence electrons. The standard InChI is InChI=1S/C19H17F3N4O4/c20-19(21,22)13-7-11(2-1-10(13)9-25-3-5-30-6-4-25)26-14(27)8-12-15(16(26)23)18(29)24-17(12)28/h1-2,7-8H,3-6,9,23H2,(H,24,28,29). The summed E-state index contributed by atoms with van der Waals surface area (Å²) in [6.45, 7) is 1.99. The van der Waals surface area contributed by atoms with Gasteiger partial charge in [-0.05, 0) is 17.7 Å². The number of aromatic nitrogens is 1. The number of hydrogen-bond acceptors (Lipinski definition) is 6. The van der Waals surface area contributed by atoms with Crippen molar-refractivity contribution in [1.82, 2.24) is 14.8 Å². The minimum absolute atomic E-state index is 0.0499. The molecular weight excluding hydrogens is 405 g/mol. The van der Waals surface area contributed by atoms with Crippen LogP contribution in [0, 0.1) is 0 Å². The quantitative estimate of drug-likeness (QED) is 0.719. The number of carbonyl (C=O) groups is 2. The molecule has 2 aromatic rings. The molecule has 2 amide bonds. The number of amides is 2. The van der Waals surface area contributed by atoms with Gasteiger partial charge in [-0.2, -0.15) is 13.2 Å². The first-order valence-electron chi connectivity index (χ1n) is 9.08. The third-order valence-electron chi connectivity index (χ3n) is 5.11. The van der Waals surface area contributed by atoms with Crippen molar-refractivity contribution in [2.45, 2.75) is 12.7 Å². The van der Waals surface area contributed by atoms with E-state index in [2.05, 4.69) is 0 Å². The van der Waals surface area contributed by atoms with E-state index in [1.54, 1.807) is 0 Å². The van der Waals surface area contributed by atoms with Gasteiger partial charge in [-0.15, -0.1) is 0 Å². The van der Waals surface area contributed by atoms with Crippen LogP contribution in [0.15, 0.2) is 29.1 Å². The molecule has 1 aromatic carbocycles. The molecule has 0 atom stereocenters. The molecule has 2 aliphatic heterocycles. The molecule has 0 spiro atoms. The van der Waals surface area contributed by atoms with Gasteiger partial charge < -0.3 is 10.5 Å². The van der Waals surface area contributed by atoms with E-state index in [9.17, 15) is 27.6 Å². The van der Waals surface area contributed by atoms with Crippen LogP contribution in [0.1, 0.15) is 31.8 Å². The van der Waals surface area contributed by atoms with Crippen molar-refractivity contribution >= 4 is 17.6 Å². The summed E-state index contributed by atoms with van der Waals surface area (Å²) in [4.78, 5) is 38.1. The molecule has 0 saturated carbocycles. The van der Waals surface area contributed by atoms with Crippen molar-refractivity contribution in [2.75, 3.05) is 32.0 Å². The molecule has 1 saturated heterocycles. The van der Waals surface area contributed by atoms with E-state index in [4.69, 9.17) is 10.5 Å². The number of morpholine rings is 1. The lowest BCUT2D eigenvalue weighted by atomic mass is 10.0. The Morgan fingerprint density at radius 3 is 2.43 bits per heavy atom. The second kappa shape index (κ2) is 7.26. The number of fused-ring (bicyclic) bond motifs is 1. The Morgan fingerprint density at radius 2 is 1.77 bits per heavy atom. The number of nitrogens with one attached hydrogen (secondary N) is 1. The number of carbonyl (C=O) groups excluding carboxylic acids is 2. The summed E-state index contributed by atoms with van der Waals surface area (Å²) >= 11 is 0. The van der Waals surface area contributed by atoms with Gasteiger partial charge in [0, 0.05) is 25.7 Å². The van der Waals surface area contributed by atoms with Gasteiger partial charge in [0.1, 0.15) is 5.82 Å². The lowest BCUT2D eigenvalue weighted by molar-refractivity contribution is -0.138. The number of halogens is 3. The van der Waals surface area contributed by atoms with E-state index >= 15 is 0 Å². The van der Waals surface area contributed by atoms with E-state index in [1.807, 2.05) is 10.2 Å². The van der Waals surface area contributed by atoms with Crippen molar-refractivity contribution in [2.24, 2.45) is 0 Å². The fourth-order valence-electron chi connectivity index (χ4n) is 3.65. The lowest BCUT2D eigenvalue weighted by Gasteiger charge is -2.28. The van der Waals surface area contributed by atoms with Crippen molar-refractivity contribution in [1.29, 1.82) is 0 Å². The Bertz CT molecular complexity index is 1100. The molecule has 8 nitrogen and oxygen atoms in total. The Morgan fingerprint density at radius 1 is 1.07 bits per heavy atom. The number of rotatable bonds is 3. The maximum absolute atomic E-state index is 13.8. The Kier molecular flexibility index (Phi) is 4.86. The summed E-state index contributed by atoms with van der Waals surface area (Å²) in [6.07, 6.45) is -4.67. The first kappa shape index (κ1) is 20.1. The van der Waals surface area contributed by atoms with Crippen LogP contribution in [-0.4, -0.2) is 47.6 Å². The monoisotopic (exact) mass is 422 g/mol. The van der Waals surface area contributed by atoms with Crippen molar-refractivity contribution < 1.29 is 27.5 Å². The molecule has 1 aromatic heterocycles. The Hall–Kier alpha value is -3.18. The number of pyridine rings is 1. The largest absolute Gasteiger partial charge is 0.416 e. The van der Waals surface area contributed by atoms with Gasteiger partial charge in [-0.25, -0.2) is 0 Å². The van der Waals surface area contributed by atoms with Gasteiger partial charge in [0.15, 0.2) is 0 Å². The molecule has 30 heavy (non-hydrogen) atoms. The van der Waals surface area contributed by atoms with Crippen molar-refractivity contribution in [3.8, 4) is 5.69 Å². The molecule has 3 N–H and O–H groups in total. The summed E-state index contributed by atoms with van der Waals surface area (Å²) in [5.74, 6) is -1.97. The number of benzene rings is 1. The SMILES string of the molecule is Nc1c2c(cc(=O)n1-c1ccc(CN3CCOCC3)c(C(F)(F)F)c1)C(=O)NC2=O. The second-order valence-corrected chi connectivity index (χ2v) is 7.00. The number of alkyl halides is 3. The minimum Gasteiger partial charge on any atom is -0.384 e. The molecular formula is C19H17F3N4O4. The van der Waals surface area contributed by atoms with E-state index < -0.39 is 34.9 Å². The highest BCUT2D eigenvalue weighted by atomic mass is 19.4. The van der Waals surface area contributed by atoms with Gasteiger partial charge in [0.25, 0.3) is 17.4 Å². The van der Waals surface area contributed by atoms with Gasteiger partial charge >= 0.3 is 6.18 Å². The molecule has 1 fully saturated rings. The van der Waals surface area contributed by atoms with E-state index in [0.717, 1.165) is 16.7 Å². The van der Waals surface area contributed by atoms with Crippen LogP contribution in [-0.2, 0) is 17.5 Å². The van der Waals surface area contributed by atoms with Crippen LogP contribution in [0.25, 0.3) is 5.69 Å². The summed E-state index contributed by atoms with van der Waals surface area (Å²) in [7, 11) is 0. The molecule has 0 unspecified atom stereocenters. The zero-order valence-electron chi connectivity index (χ0n) is 15.6. The Labute approximate surface area is 168 Å². The number of anilines is 1. The Balaban J connectivity index is 1.81. The summed E-state index contributed by atoms with van der Waals surface area (Å²) in [5.41, 5.74) is 3.67. The molecule has 3 heterocycles. The molecule has 0 aliphatic carbocycles. The summed E-state index contributed by atoms with van der Waals surface area (Å²) < 4.78 is 47.3. The van der Waals surface area contributed by atoms with Crippen LogP contribution in [0.5, 0.6) is 0 Å². The zero-order valence-corrected chi connectivity index (χ0v) is 15.6. The van der Waals surface area contributed by atoms with Gasteiger partial charge in [0.2, 0.25) is 0 Å². The van der Waals surface area contributed by atoms with Crippen LogP contribution >= 0.6 is 0 Å². The van der Waals surface area contributed by atoms with Gasteiger partial charge in [-0.3, -0.25) is 29.2 Å². The smallest absolute Gasteiger partial charge is 0.384 e. The number of imide groups is 1. The number of nitrogens with two attached hydrogens (primary N) is 1. The fraction of sp³-hybridized carbons (Fsp3) is 0.316. The first-order valence-corrected chi connectivity index (χ1v) is 9.08. The highest BCUT2D eigenvalue weighted by Gasteiger charge is 2.35. The number of hydrogen-bond donors (Lipinski definition) is 2. The number of ether oxygens (including phenoxy) is 1. The van der Waals surface area contributed by atoms with Crippen LogP contribution in [0.4, 0.5) is 19.0 Å². The predicted octanol–water partition coefficient (Wildman–Crippen LogP) is 1.15. The van der Waals surface area contributed by atoms with Crippen LogP contribution in [0.2, 0.25) is 0 Å².